The smallest absolute Gasteiger partial charge is 0.225 e. The average molecular weight is 338 g/mol. The van der Waals surface area contributed by atoms with E-state index in [9.17, 15) is 13.2 Å². The molecule has 0 aliphatic carbocycles. The minimum absolute atomic E-state index is 0.0410. The van der Waals surface area contributed by atoms with Crippen molar-refractivity contribution in [3.8, 4) is 0 Å². The molecule has 0 unspecified atom stereocenters. The predicted octanol–water partition coefficient (Wildman–Crippen LogP) is 0.241. The maximum absolute atomic E-state index is 12.4. The molecular formula is C15H22N4O3S. The molecule has 1 aromatic heterocycles. The summed E-state index contributed by atoms with van der Waals surface area (Å²) in [7, 11) is -3.17. The van der Waals surface area contributed by atoms with Crippen LogP contribution in [0.5, 0.6) is 0 Å². The lowest BCUT2D eigenvalue weighted by atomic mass is 9.87. The van der Waals surface area contributed by atoms with Crippen LogP contribution >= 0.6 is 0 Å². The molecule has 1 amide bonds. The third-order valence-electron chi connectivity index (χ3n) is 4.60. The molecule has 2 aliphatic rings. The largest absolute Gasteiger partial charge is 0.354 e. The van der Waals surface area contributed by atoms with Gasteiger partial charge in [-0.05, 0) is 26.3 Å². The number of aromatic nitrogens is 2. The van der Waals surface area contributed by atoms with Crippen LogP contribution in [-0.2, 0) is 14.6 Å². The first-order chi connectivity index (χ1) is 10.9. The number of nitrogens with zero attached hydrogens (tertiary/aromatic N) is 3. The molecule has 0 aromatic carbocycles. The summed E-state index contributed by atoms with van der Waals surface area (Å²) in [5, 5.41) is 2.41. The fourth-order valence-corrected chi connectivity index (χ4v) is 5.66. The summed E-state index contributed by atoms with van der Waals surface area (Å²) in [6.45, 7) is 4.69. The Morgan fingerprint density at radius 2 is 2.00 bits per heavy atom. The second-order valence-electron chi connectivity index (χ2n) is 6.58. The van der Waals surface area contributed by atoms with Gasteiger partial charge in [-0.25, -0.2) is 18.4 Å². The van der Waals surface area contributed by atoms with Crippen molar-refractivity contribution in [2.75, 3.05) is 23.7 Å². The number of carbonyl (C=O) groups excluding carboxylic acids is 1. The lowest BCUT2D eigenvalue weighted by Gasteiger charge is -2.32. The lowest BCUT2D eigenvalue weighted by Crippen LogP contribution is -2.48. The summed E-state index contributed by atoms with van der Waals surface area (Å²) >= 11 is 0. The minimum atomic E-state index is -3.17. The van der Waals surface area contributed by atoms with Gasteiger partial charge in [0.25, 0.3) is 0 Å². The predicted molar refractivity (Wildman–Crippen MR) is 86.7 cm³/mol. The normalized spacial score (nSPS) is 29.3. The first-order valence-corrected chi connectivity index (χ1v) is 9.64. The van der Waals surface area contributed by atoms with E-state index in [-0.39, 0.29) is 29.5 Å². The topological polar surface area (TPSA) is 92.3 Å². The zero-order valence-electron chi connectivity index (χ0n) is 13.3. The molecule has 3 heterocycles. The second-order valence-corrected chi connectivity index (χ2v) is 8.92. The summed E-state index contributed by atoms with van der Waals surface area (Å²) in [5.41, 5.74) is 0. The van der Waals surface area contributed by atoms with Crippen LogP contribution in [0, 0.1) is 11.8 Å². The molecule has 0 radical (unpaired) electrons. The summed E-state index contributed by atoms with van der Waals surface area (Å²) < 4.78 is 24.9. The molecule has 3 atom stereocenters. The van der Waals surface area contributed by atoms with Crippen molar-refractivity contribution in [3.05, 3.63) is 18.5 Å². The molecule has 3 rings (SSSR count). The van der Waals surface area contributed by atoms with Gasteiger partial charge in [-0.1, -0.05) is 0 Å². The molecule has 2 fully saturated rings. The van der Waals surface area contributed by atoms with Gasteiger partial charge in [-0.15, -0.1) is 0 Å². The summed E-state index contributed by atoms with van der Waals surface area (Å²) in [6.07, 6.45) is 3.68. The van der Waals surface area contributed by atoms with Crippen molar-refractivity contribution in [1.82, 2.24) is 15.3 Å². The van der Waals surface area contributed by atoms with Crippen LogP contribution in [0.25, 0.3) is 0 Å². The van der Waals surface area contributed by atoms with Crippen LogP contribution in [0.3, 0.4) is 0 Å². The Kier molecular flexibility index (Phi) is 4.27. The molecule has 2 aliphatic heterocycles. The Labute approximate surface area is 136 Å². The molecule has 0 spiro atoms. The van der Waals surface area contributed by atoms with E-state index >= 15 is 0 Å². The summed E-state index contributed by atoms with van der Waals surface area (Å²) in [4.78, 5) is 22.7. The van der Waals surface area contributed by atoms with Gasteiger partial charge < -0.3 is 10.2 Å². The van der Waals surface area contributed by atoms with Gasteiger partial charge in [0.15, 0.2) is 9.84 Å². The molecule has 0 bridgehead atoms. The fourth-order valence-electron chi connectivity index (χ4n) is 3.56. The van der Waals surface area contributed by atoms with Gasteiger partial charge in [0.2, 0.25) is 11.9 Å². The van der Waals surface area contributed by atoms with Crippen molar-refractivity contribution in [3.63, 3.8) is 0 Å². The molecule has 126 valence electrons. The van der Waals surface area contributed by atoms with Crippen LogP contribution in [0.2, 0.25) is 0 Å². The van der Waals surface area contributed by atoms with E-state index < -0.39 is 15.1 Å². The van der Waals surface area contributed by atoms with Crippen LogP contribution in [0.4, 0.5) is 5.95 Å². The monoisotopic (exact) mass is 338 g/mol. The number of hydrogen-bond donors (Lipinski definition) is 1. The van der Waals surface area contributed by atoms with Gasteiger partial charge in [0.05, 0.1) is 11.0 Å². The summed E-state index contributed by atoms with van der Waals surface area (Å²) in [6, 6.07) is 1.77. The van der Waals surface area contributed by atoms with Crippen molar-refractivity contribution in [1.29, 1.82) is 0 Å². The minimum Gasteiger partial charge on any atom is -0.354 e. The van der Waals surface area contributed by atoms with Crippen molar-refractivity contribution in [2.45, 2.75) is 31.6 Å². The fraction of sp³-hybridized carbons (Fsp3) is 0.667. The number of hydrogen-bond acceptors (Lipinski definition) is 6. The number of rotatable bonds is 3. The van der Waals surface area contributed by atoms with E-state index in [0.717, 1.165) is 0 Å². The molecule has 1 N–H and O–H groups in total. The highest BCUT2D eigenvalue weighted by molar-refractivity contribution is 7.92. The highest BCUT2D eigenvalue weighted by atomic mass is 32.2. The van der Waals surface area contributed by atoms with Gasteiger partial charge in [0, 0.05) is 43.4 Å². The van der Waals surface area contributed by atoms with Gasteiger partial charge in [0.1, 0.15) is 0 Å². The van der Waals surface area contributed by atoms with Crippen molar-refractivity contribution in [2.24, 2.45) is 11.8 Å². The van der Waals surface area contributed by atoms with Gasteiger partial charge in [-0.3, -0.25) is 4.79 Å². The van der Waals surface area contributed by atoms with E-state index in [1.165, 1.54) is 0 Å². The Morgan fingerprint density at radius 3 is 2.65 bits per heavy atom. The Balaban J connectivity index is 1.85. The SMILES string of the molecule is CC(C)NC(=O)[C@H]1CCS(=O)(=O)[C@@H]2CN(c3ncccn3)C[C@H]12. The zero-order chi connectivity index (χ0) is 16.6. The lowest BCUT2D eigenvalue weighted by molar-refractivity contribution is -0.127. The number of nitrogens with one attached hydrogen (secondary N) is 1. The Bertz CT molecular complexity index is 677. The maximum Gasteiger partial charge on any atom is 0.225 e. The maximum atomic E-state index is 12.4. The van der Waals surface area contributed by atoms with E-state index in [4.69, 9.17) is 0 Å². The Hall–Kier alpha value is -1.70. The number of carbonyl (C=O) groups is 1. The van der Waals surface area contributed by atoms with Crippen LogP contribution in [0.15, 0.2) is 18.5 Å². The molecule has 7 nitrogen and oxygen atoms in total. The van der Waals surface area contributed by atoms with E-state index in [1.54, 1.807) is 18.5 Å². The highest BCUT2D eigenvalue weighted by Gasteiger charge is 2.50. The molecular weight excluding hydrogens is 316 g/mol. The third kappa shape index (κ3) is 3.17. The number of sulfone groups is 1. The van der Waals surface area contributed by atoms with Gasteiger partial charge >= 0.3 is 0 Å². The first kappa shape index (κ1) is 16.2. The van der Waals surface area contributed by atoms with Crippen molar-refractivity contribution >= 4 is 21.7 Å². The summed E-state index contributed by atoms with van der Waals surface area (Å²) in [5.74, 6) is 0.102. The number of anilines is 1. The van der Waals surface area contributed by atoms with Crippen LogP contribution in [-0.4, -0.2) is 54.4 Å². The van der Waals surface area contributed by atoms with E-state index in [2.05, 4.69) is 15.3 Å². The van der Waals surface area contributed by atoms with Crippen LogP contribution in [0.1, 0.15) is 20.3 Å². The van der Waals surface area contributed by atoms with Crippen molar-refractivity contribution < 1.29 is 13.2 Å². The molecule has 8 heteroatoms. The molecule has 23 heavy (non-hydrogen) atoms. The number of amides is 1. The number of fused-ring (bicyclic) bond motifs is 1. The van der Waals surface area contributed by atoms with E-state index in [0.29, 0.717) is 25.5 Å². The molecule has 0 saturated carbocycles. The quantitative estimate of drug-likeness (QED) is 0.849. The first-order valence-electron chi connectivity index (χ1n) is 7.92. The second kappa shape index (κ2) is 6.07. The molecule has 2 saturated heterocycles. The zero-order valence-corrected chi connectivity index (χ0v) is 14.2. The highest BCUT2D eigenvalue weighted by Crippen LogP contribution is 2.37. The van der Waals surface area contributed by atoms with E-state index in [1.807, 2.05) is 18.7 Å². The average Bonchev–Trinajstić information content (AvgIpc) is 2.94. The Morgan fingerprint density at radius 1 is 1.30 bits per heavy atom. The molecule has 1 aromatic rings. The van der Waals surface area contributed by atoms with Gasteiger partial charge in [-0.2, -0.15) is 0 Å². The standard InChI is InChI=1S/C15H22N4O3S/c1-10(2)18-14(20)11-4-7-23(21,22)13-9-19(8-12(11)13)15-16-5-3-6-17-15/h3,5-6,10-13H,4,7-9H2,1-2H3,(H,18,20)/t11-,12+,13+/m0/s1. The third-order valence-corrected chi connectivity index (χ3v) is 6.83. The van der Waals surface area contributed by atoms with Crippen LogP contribution < -0.4 is 10.2 Å².